The van der Waals surface area contributed by atoms with Crippen LogP contribution in [0, 0.1) is 0 Å². The Hall–Kier alpha value is -0.820. The molecule has 1 aromatic carbocycles. The van der Waals surface area contributed by atoms with Gasteiger partial charge in [-0.05, 0) is 36.9 Å². The van der Waals surface area contributed by atoms with Crippen LogP contribution in [-0.2, 0) is 12.8 Å². The molecule has 0 aliphatic rings. The van der Waals surface area contributed by atoms with Gasteiger partial charge in [0.25, 0.3) is 0 Å². The molecule has 0 fully saturated rings. The first-order chi connectivity index (χ1) is 7.22. The summed E-state index contributed by atoms with van der Waals surface area (Å²) >= 11 is 0. The number of hydrogen-bond donors (Lipinski definition) is 1. The summed E-state index contributed by atoms with van der Waals surface area (Å²) in [6.45, 7) is 7.70. The Kier molecular flexibility index (Phi) is 5.41. The lowest BCUT2D eigenvalue weighted by Crippen LogP contribution is -2.23. The normalized spacial score (nSPS) is 10.9. The molecule has 0 unspecified atom stereocenters. The van der Waals surface area contributed by atoms with Gasteiger partial charge in [-0.25, -0.2) is 0 Å². The fourth-order valence-electron chi connectivity index (χ4n) is 1.62. The molecule has 0 atom stereocenters. The summed E-state index contributed by atoms with van der Waals surface area (Å²) < 4.78 is 0. The van der Waals surface area contributed by atoms with Gasteiger partial charge in [-0.2, -0.15) is 0 Å². The van der Waals surface area contributed by atoms with Gasteiger partial charge in [0.15, 0.2) is 0 Å². The lowest BCUT2D eigenvalue weighted by atomic mass is 10.1. The zero-order valence-electron chi connectivity index (χ0n) is 10.2. The molecule has 1 rings (SSSR count). The second kappa shape index (κ2) is 6.62. The van der Waals surface area contributed by atoms with Gasteiger partial charge in [0.1, 0.15) is 0 Å². The zero-order valence-corrected chi connectivity index (χ0v) is 10.2. The second-order valence-electron chi connectivity index (χ2n) is 4.38. The second-order valence-corrected chi connectivity index (χ2v) is 4.38. The van der Waals surface area contributed by atoms with Crippen molar-refractivity contribution in [3.05, 3.63) is 35.4 Å². The highest BCUT2D eigenvalue weighted by atomic mass is 14.9. The monoisotopic (exact) mass is 205 g/mol. The predicted octanol–water partition coefficient (Wildman–Crippen LogP) is 3.18. The van der Waals surface area contributed by atoms with Crippen molar-refractivity contribution in [2.24, 2.45) is 0 Å². The molecule has 1 aromatic rings. The molecule has 1 heteroatoms. The van der Waals surface area contributed by atoms with Gasteiger partial charge in [-0.3, -0.25) is 0 Å². The van der Waals surface area contributed by atoms with E-state index in [1.165, 1.54) is 24.0 Å². The van der Waals surface area contributed by atoms with Crippen LogP contribution >= 0.6 is 0 Å². The minimum Gasteiger partial charge on any atom is -0.315 e. The zero-order chi connectivity index (χ0) is 11.1. The fourth-order valence-corrected chi connectivity index (χ4v) is 1.62. The summed E-state index contributed by atoms with van der Waals surface area (Å²) in [7, 11) is 0. The van der Waals surface area contributed by atoms with Crippen LogP contribution in [0.15, 0.2) is 24.3 Å². The molecule has 0 aromatic heterocycles. The molecule has 0 aliphatic carbocycles. The van der Waals surface area contributed by atoms with E-state index >= 15 is 0 Å². The van der Waals surface area contributed by atoms with Crippen LogP contribution in [0.3, 0.4) is 0 Å². The van der Waals surface area contributed by atoms with Crippen LogP contribution in [0.4, 0.5) is 0 Å². The maximum atomic E-state index is 3.44. The minimum atomic E-state index is 0.604. The summed E-state index contributed by atoms with van der Waals surface area (Å²) in [5.41, 5.74) is 2.89. The molecule has 0 heterocycles. The Morgan fingerprint density at radius 3 is 2.20 bits per heavy atom. The Morgan fingerprint density at radius 2 is 1.67 bits per heavy atom. The van der Waals surface area contributed by atoms with E-state index in [9.17, 15) is 0 Å². The molecule has 0 saturated heterocycles. The standard InChI is InChI=1S/C14H23N/c1-4-13-7-9-14(10-8-13)6-5-11-15-12(2)3/h7-10,12,15H,4-6,11H2,1-3H3. The summed E-state index contributed by atoms with van der Waals surface area (Å²) in [6, 6.07) is 9.60. The van der Waals surface area contributed by atoms with Crippen LogP contribution in [0.5, 0.6) is 0 Å². The van der Waals surface area contributed by atoms with Gasteiger partial charge >= 0.3 is 0 Å². The number of nitrogens with one attached hydrogen (secondary N) is 1. The van der Waals surface area contributed by atoms with E-state index in [1.807, 2.05) is 0 Å². The SMILES string of the molecule is CCc1ccc(CCCNC(C)C)cc1. The van der Waals surface area contributed by atoms with Gasteiger partial charge in [0.2, 0.25) is 0 Å². The molecular weight excluding hydrogens is 182 g/mol. The van der Waals surface area contributed by atoms with Crippen LogP contribution < -0.4 is 5.32 Å². The van der Waals surface area contributed by atoms with Crippen LogP contribution in [-0.4, -0.2) is 12.6 Å². The third kappa shape index (κ3) is 4.98. The fraction of sp³-hybridized carbons (Fsp3) is 0.571. The lowest BCUT2D eigenvalue weighted by Gasteiger charge is -2.07. The molecule has 0 aliphatic heterocycles. The predicted molar refractivity (Wildman–Crippen MR) is 67.3 cm³/mol. The van der Waals surface area contributed by atoms with E-state index in [1.54, 1.807) is 0 Å². The van der Waals surface area contributed by atoms with Gasteiger partial charge in [0.05, 0.1) is 0 Å². The van der Waals surface area contributed by atoms with Crippen molar-refractivity contribution < 1.29 is 0 Å². The van der Waals surface area contributed by atoms with Crippen molar-refractivity contribution in [3.8, 4) is 0 Å². The highest BCUT2D eigenvalue weighted by Crippen LogP contribution is 2.06. The van der Waals surface area contributed by atoms with Crippen molar-refractivity contribution in [1.29, 1.82) is 0 Å². The van der Waals surface area contributed by atoms with Crippen LogP contribution in [0.25, 0.3) is 0 Å². The molecule has 84 valence electrons. The number of rotatable bonds is 6. The first-order valence-electron chi connectivity index (χ1n) is 6.03. The van der Waals surface area contributed by atoms with Crippen molar-refractivity contribution in [2.75, 3.05) is 6.54 Å². The number of aryl methyl sites for hydroxylation is 2. The van der Waals surface area contributed by atoms with Gasteiger partial charge in [0, 0.05) is 6.04 Å². The van der Waals surface area contributed by atoms with E-state index < -0.39 is 0 Å². The van der Waals surface area contributed by atoms with E-state index in [0.29, 0.717) is 6.04 Å². The van der Waals surface area contributed by atoms with Gasteiger partial charge in [-0.15, -0.1) is 0 Å². The third-order valence-electron chi connectivity index (χ3n) is 2.63. The van der Waals surface area contributed by atoms with Crippen molar-refractivity contribution in [3.63, 3.8) is 0 Å². The Labute approximate surface area is 93.9 Å². The van der Waals surface area contributed by atoms with Crippen molar-refractivity contribution in [2.45, 2.75) is 46.1 Å². The molecule has 0 bridgehead atoms. The molecule has 0 radical (unpaired) electrons. The molecule has 15 heavy (non-hydrogen) atoms. The third-order valence-corrected chi connectivity index (χ3v) is 2.63. The number of benzene rings is 1. The lowest BCUT2D eigenvalue weighted by molar-refractivity contribution is 0.570. The van der Waals surface area contributed by atoms with Crippen LogP contribution in [0.2, 0.25) is 0 Å². The molecule has 0 amide bonds. The highest BCUT2D eigenvalue weighted by molar-refractivity contribution is 5.22. The molecule has 0 saturated carbocycles. The summed E-state index contributed by atoms with van der Waals surface area (Å²) in [5, 5.41) is 3.44. The maximum absolute atomic E-state index is 3.44. The Balaban J connectivity index is 2.25. The maximum Gasteiger partial charge on any atom is 0.00103 e. The minimum absolute atomic E-state index is 0.604. The number of hydrogen-bond acceptors (Lipinski definition) is 1. The van der Waals surface area contributed by atoms with E-state index in [-0.39, 0.29) is 0 Å². The summed E-state index contributed by atoms with van der Waals surface area (Å²) in [4.78, 5) is 0. The first-order valence-corrected chi connectivity index (χ1v) is 6.03. The largest absolute Gasteiger partial charge is 0.315 e. The molecule has 1 N–H and O–H groups in total. The van der Waals surface area contributed by atoms with E-state index in [0.717, 1.165) is 13.0 Å². The molecule has 1 nitrogen and oxygen atoms in total. The first kappa shape index (κ1) is 12.3. The Morgan fingerprint density at radius 1 is 1.07 bits per heavy atom. The van der Waals surface area contributed by atoms with E-state index in [2.05, 4.69) is 50.4 Å². The average molecular weight is 205 g/mol. The van der Waals surface area contributed by atoms with Crippen molar-refractivity contribution >= 4 is 0 Å². The average Bonchev–Trinajstić information content (AvgIpc) is 2.25. The molecular formula is C14H23N. The Bertz CT molecular complexity index is 261. The van der Waals surface area contributed by atoms with E-state index in [4.69, 9.17) is 0 Å². The topological polar surface area (TPSA) is 12.0 Å². The summed E-state index contributed by atoms with van der Waals surface area (Å²) in [5.74, 6) is 0. The summed E-state index contributed by atoms with van der Waals surface area (Å²) in [6.07, 6.45) is 3.54. The van der Waals surface area contributed by atoms with Gasteiger partial charge < -0.3 is 5.32 Å². The highest BCUT2D eigenvalue weighted by Gasteiger charge is 1.95. The van der Waals surface area contributed by atoms with Gasteiger partial charge in [-0.1, -0.05) is 45.0 Å². The quantitative estimate of drug-likeness (QED) is 0.703. The smallest absolute Gasteiger partial charge is 0.00103 e. The van der Waals surface area contributed by atoms with Crippen molar-refractivity contribution in [1.82, 2.24) is 5.32 Å². The van der Waals surface area contributed by atoms with Crippen LogP contribution in [0.1, 0.15) is 38.3 Å². The molecule has 0 spiro atoms.